The van der Waals surface area contributed by atoms with Crippen LogP contribution in [0.1, 0.15) is 38.8 Å². The number of methoxy groups -OCH3 is 1. The van der Waals surface area contributed by atoms with Crippen molar-refractivity contribution in [1.82, 2.24) is 10.9 Å². The summed E-state index contributed by atoms with van der Waals surface area (Å²) in [5.74, 6) is 0.643. The average molecular weight is 364 g/mol. The third-order valence-corrected chi connectivity index (χ3v) is 9.43. The molecule has 0 spiro atoms. The smallest absolute Gasteiger partial charge is 0.425 e. The highest BCUT2D eigenvalue weighted by molar-refractivity contribution is 6.74. The van der Waals surface area contributed by atoms with Gasteiger partial charge in [0.2, 0.25) is 0 Å². The molecule has 2 unspecified atom stereocenters. The lowest BCUT2D eigenvalue weighted by Gasteiger charge is -2.38. The number of hydrazine groups is 1. The van der Waals surface area contributed by atoms with Crippen LogP contribution in [-0.4, -0.2) is 33.5 Å². The number of nitrogens with one attached hydrogen (secondary N) is 2. The maximum atomic E-state index is 11.4. The Bertz CT molecular complexity index is 626. The average Bonchev–Trinajstić information content (AvgIpc) is 2.94. The lowest BCUT2D eigenvalue weighted by molar-refractivity contribution is 0.168. The molecule has 7 heteroatoms. The van der Waals surface area contributed by atoms with E-state index in [4.69, 9.17) is 9.42 Å². The molecule has 0 saturated heterocycles. The minimum Gasteiger partial charge on any atom is -0.452 e. The number of carbonyl (C=O) groups excluding carboxylic acids is 1. The molecule has 1 aromatic rings. The maximum Gasteiger partial charge on any atom is 0.425 e. The Kier molecular flexibility index (Phi) is 5.90. The number of ether oxygens (including phenoxy) is 1. The van der Waals surface area contributed by atoms with Crippen LogP contribution < -0.4 is 10.9 Å². The number of rotatable bonds is 3. The monoisotopic (exact) mass is 363 g/mol. The number of benzene rings is 1. The fourth-order valence-corrected chi connectivity index (χ4v) is 3.69. The fourth-order valence-electron chi connectivity index (χ4n) is 2.42. The highest BCUT2D eigenvalue weighted by Gasteiger charge is 2.42. The van der Waals surface area contributed by atoms with Crippen molar-refractivity contribution in [2.75, 3.05) is 7.11 Å². The number of hydrogen-bond donors (Lipinski definition) is 2. The Balaban J connectivity index is 2.19. The molecule has 1 aliphatic heterocycles. The molecule has 0 aliphatic carbocycles. The number of amidine groups is 1. The third kappa shape index (κ3) is 4.82. The third-order valence-electron chi connectivity index (χ3n) is 4.94. The second-order valence-electron chi connectivity index (χ2n) is 7.78. The van der Waals surface area contributed by atoms with Gasteiger partial charge in [-0.15, -0.1) is 0 Å². The fraction of sp³-hybridized carbons (Fsp3) is 0.556. The van der Waals surface area contributed by atoms with Gasteiger partial charge in [-0.2, -0.15) is 0 Å². The van der Waals surface area contributed by atoms with Crippen LogP contribution in [0.5, 0.6) is 0 Å². The molecule has 0 bridgehead atoms. The van der Waals surface area contributed by atoms with Crippen LogP contribution >= 0.6 is 0 Å². The van der Waals surface area contributed by atoms with Gasteiger partial charge in [0.05, 0.1) is 13.2 Å². The molecule has 25 heavy (non-hydrogen) atoms. The Morgan fingerprint density at radius 3 is 2.44 bits per heavy atom. The van der Waals surface area contributed by atoms with E-state index >= 15 is 0 Å². The first-order valence-corrected chi connectivity index (χ1v) is 11.5. The van der Waals surface area contributed by atoms with E-state index < -0.39 is 14.4 Å². The summed E-state index contributed by atoms with van der Waals surface area (Å²) in [5, 5.41) is 0.0960. The van der Waals surface area contributed by atoms with E-state index in [-0.39, 0.29) is 17.2 Å². The van der Waals surface area contributed by atoms with Crippen molar-refractivity contribution in [3.05, 3.63) is 35.9 Å². The topological polar surface area (TPSA) is 72.0 Å². The van der Waals surface area contributed by atoms with E-state index in [1.54, 1.807) is 0 Å². The largest absolute Gasteiger partial charge is 0.452 e. The van der Waals surface area contributed by atoms with Gasteiger partial charge in [-0.05, 0) is 23.7 Å². The summed E-state index contributed by atoms with van der Waals surface area (Å²) in [5.41, 5.74) is 6.51. The van der Waals surface area contributed by atoms with E-state index in [9.17, 15) is 4.79 Å². The van der Waals surface area contributed by atoms with Gasteiger partial charge in [-0.1, -0.05) is 51.1 Å². The number of hydrogen-bond acceptors (Lipinski definition) is 5. The Labute approximate surface area is 151 Å². The number of aliphatic imine (C=N–C) groups is 1. The quantitative estimate of drug-likeness (QED) is 0.633. The van der Waals surface area contributed by atoms with Crippen molar-refractivity contribution >= 4 is 20.2 Å². The zero-order valence-electron chi connectivity index (χ0n) is 15.9. The zero-order chi connectivity index (χ0) is 18.7. The summed E-state index contributed by atoms with van der Waals surface area (Å²) in [6, 6.07) is 10.1. The van der Waals surface area contributed by atoms with Crippen LogP contribution in [0.3, 0.4) is 0 Å². The highest BCUT2D eigenvalue weighted by Crippen LogP contribution is 2.40. The van der Waals surface area contributed by atoms with E-state index in [1.165, 1.54) is 7.11 Å². The number of nitrogens with zero attached hydrogens (tertiary/aromatic N) is 1. The van der Waals surface area contributed by atoms with Crippen molar-refractivity contribution in [3.8, 4) is 0 Å². The van der Waals surface area contributed by atoms with Crippen LogP contribution in [0.15, 0.2) is 35.3 Å². The molecular formula is C18H29N3O3Si. The van der Waals surface area contributed by atoms with Crippen molar-refractivity contribution in [1.29, 1.82) is 0 Å². The molecule has 2 atom stereocenters. The maximum absolute atomic E-state index is 11.4. The molecule has 1 aromatic carbocycles. The minimum absolute atomic E-state index is 0.0120. The first-order chi connectivity index (χ1) is 11.6. The highest BCUT2D eigenvalue weighted by atomic mass is 28.4. The predicted octanol–water partition coefficient (Wildman–Crippen LogP) is 3.78. The molecule has 138 valence electrons. The summed E-state index contributed by atoms with van der Waals surface area (Å²) >= 11 is 0. The van der Waals surface area contributed by atoms with Gasteiger partial charge in [0.1, 0.15) is 11.9 Å². The summed E-state index contributed by atoms with van der Waals surface area (Å²) < 4.78 is 11.2. The van der Waals surface area contributed by atoms with Gasteiger partial charge >= 0.3 is 6.09 Å². The molecule has 0 saturated carbocycles. The Morgan fingerprint density at radius 2 is 1.88 bits per heavy atom. The van der Waals surface area contributed by atoms with Gasteiger partial charge in [0.25, 0.3) is 0 Å². The summed E-state index contributed by atoms with van der Waals surface area (Å²) in [4.78, 5) is 16.1. The van der Waals surface area contributed by atoms with E-state index in [0.29, 0.717) is 5.84 Å². The molecule has 2 N–H and O–H groups in total. The van der Waals surface area contributed by atoms with Crippen molar-refractivity contribution in [2.24, 2.45) is 4.99 Å². The number of carbonyl (C=O) groups is 1. The first-order valence-electron chi connectivity index (χ1n) is 8.54. The predicted molar refractivity (Wildman–Crippen MR) is 102 cm³/mol. The molecule has 0 fully saturated rings. The van der Waals surface area contributed by atoms with Crippen molar-refractivity contribution in [2.45, 2.75) is 57.5 Å². The molecule has 1 amide bonds. The lowest BCUT2D eigenvalue weighted by Crippen LogP contribution is -2.51. The van der Waals surface area contributed by atoms with Crippen molar-refractivity contribution in [3.63, 3.8) is 0 Å². The molecule has 6 nitrogen and oxygen atoms in total. The molecule has 2 rings (SSSR count). The summed E-state index contributed by atoms with van der Waals surface area (Å²) in [6.07, 6.45) is 0.0158. The SMILES string of the molecule is COC(=O)NNC1=NC(c2ccccc2)CC1O[Si](C)(C)C(C)(C)C. The normalized spacial score (nSPS) is 20.8. The Hall–Kier alpha value is -1.86. The van der Waals surface area contributed by atoms with Crippen LogP contribution in [0, 0.1) is 0 Å². The summed E-state index contributed by atoms with van der Waals surface area (Å²) in [6.45, 7) is 11.1. The van der Waals surface area contributed by atoms with Crippen LogP contribution in [-0.2, 0) is 9.16 Å². The molecule has 1 aliphatic rings. The van der Waals surface area contributed by atoms with E-state index in [1.807, 2.05) is 18.2 Å². The molecular weight excluding hydrogens is 334 g/mol. The van der Waals surface area contributed by atoms with Gasteiger partial charge in [0, 0.05) is 6.42 Å². The zero-order valence-corrected chi connectivity index (χ0v) is 16.9. The standard InChI is InChI=1S/C18H29N3O3Si/c1-18(2,3)25(5,6)24-15-12-14(13-10-8-7-9-11-13)19-16(15)20-21-17(22)23-4/h7-11,14-15H,12H2,1-6H3,(H,19,20)(H,21,22). The second kappa shape index (κ2) is 7.57. The van der Waals surface area contributed by atoms with Gasteiger partial charge in [-0.25, -0.2) is 10.2 Å². The van der Waals surface area contributed by atoms with Crippen molar-refractivity contribution < 1.29 is 14.0 Å². The van der Waals surface area contributed by atoms with Crippen LogP contribution in [0.25, 0.3) is 0 Å². The molecule has 1 heterocycles. The van der Waals surface area contributed by atoms with E-state index in [0.717, 1.165) is 12.0 Å². The summed E-state index contributed by atoms with van der Waals surface area (Å²) in [7, 11) is -0.648. The van der Waals surface area contributed by atoms with Crippen LogP contribution in [0.2, 0.25) is 18.1 Å². The van der Waals surface area contributed by atoms with E-state index in [2.05, 4.69) is 61.6 Å². The first kappa shape index (κ1) is 19.5. The second-order valence-corrected chi connectivity index (χ2v) is 12.5. The Morgan fingerprint density at radius 1 is 1.24 bits per heavy atom. The van der Waals surface area contributed by atoms with Crippen LogP contribution in [0.4, 0.5) is 4.79 Å². The number of amides is 1. The molecule has 0 radical (unpaired) electrons. The van der Waals surface area contributed by atoms with Gasteiger partial charge in [0.15, 0.2) is 8.32 Å². The molecule has 0 aromatic heterocycles. The minimum atomic E-state index is -1.97. The van der Waals surface area contributed by atoms with Gasteiger partial charge in [-0.3, -0.25) is 10.4 Å². The lowest BCUT2D eigenvalue weighted by atomic mass is 10.0. The van der Waals surface area contributed by atoms with Gasteiger partial charge < -0.3 is 9.16 Å².